The summed E-state index contributed by atoms with van der Waals surface area (Å²) in [7, 11) is 0. The zero-order chi connectivity index (χ0) is 15.2. The first kappa shape index (κ1) is 16.0. The van der Waals surface area contributed by atoms with Crippen molar-refractivity contribution in [1.82, 2.24) is 10.6 Å². The molecule has 3 N–H and O–H groups in total. The van der Waals surface area contributed by atoms with Gasteiger partial charge in [-0.25, -0.2) is 13.6 Å². The molecule has 1 heterocycles. The van der Waals surface area contributed by atoms with Crippen molar-refractivity contribution >= 4 is 17.8 Å². The van der Waals surface area contributed by atoms with Crippen molar-refractivity contribution in [3.8, 4) is 0 Å². The van der Waals surface area contributed by atoms with Gasteiger partial charge in [0.1, 0.15) is 17.7 Å². The van der Waals surface area contributed by atoms with E-state index in [1.807, 2.05) is 11.8 Å². The second-order valence-corrected chi connectivity index (χ2v) is 6.29. The molecule has 116 valence electrons. The zero-order valence-electron chi connectivity index (χ0n) is 11.4. The van der Waals surface area contributed by atoms with E-state index >= 15 is 0 Å². The molecule has 0 aromatic heterocycles. The molecule has 2 atom stereocenters. The minimum absolute atomic E-state index is 0.249. The molecule has 21 heavy (non-hydrogen) atoms. The Labute approximate surface area is 126 Å². The molecule has 0 bridgehead atoms. The normalized spacial score (nSPS) is 19.3. The molecule has 1 aliphatic rings. The second-order valence-electron chi connectivity index (χ2n) is 4.88. The van der Waals surface area contributed by atoms with Gasteiger partial charge < -0.3 is 15.7 Å². The maximum absolute atomic E-state index is 13.4. The van der Waals surface area contributed by atoms with Crippen LogP contribution in [0.5, 0.6) is 0 Å². The SMILES string of the molecule is O=C(NCC1CCCS1)NCC(O)c1c(F)cccc1F. The summed E-state index contributed by atoms with van der Waals surface area (Å²) in [6, 6.07) is 2.91. The van der Waals surface area contributed by atoms with Gasteiger partial charge in [-0.3, -0.25) is 0 Å². The highest BCUT2D eigenvalue weighted by Gasteiger charge is 2.19. The molecule has 2 unspecified atom stereocenters. The van der Waals surface area contributed by atoms with Gasteiger partial charge in [0.05, 0.1) is 5.56 Å². The number of benzene rings is 1. The van der Waals surface area contributed by atoms with Crippen molar-refractivity contribution in [3.05, 3.63) is 35.4 Å². The number of carbonyl (C=O) groups excluding carboxylic acids is 1. The third-order valence-electron chi connectivity index (χ3n) is 3.30. The molecule has 7 heteroatoms. The van der Waals surface area contributed by atoms with Crippen molar-refractivity contribution < 1.29 is 18.7 Å². The van der Waals surface area contributed by atoms with Crippen molar-refractivity contribution in [1.29, 1.82) is 0 Å². The Hall–Kier alpha value is -1.34. The minimum atomic E-state index is -1.42. The molecule has 1 fully saturated rings. The molecule has 0 spiro atoms. The number of carbonyl (C=O) groups is 1. The summed E-state index contributed by atoms with van der Waals surface area (Å²) in [5.74, 6) is -0.543. The Morgan fingerprint density at radius 2 is 2.10 bits per heavy atom. The number of hydrogen-bond donors (Lipinski definition) is 3. The fourth-order valence-corrected chi connectivity index (χ4v) is 3.40. The molecule has 2 amide bonds. The highest BCUT2D eigenvalue weighted by Crippen LogP contribution is 2.25. The fraction of sp³-hybridized carbons (Fsp3) is 0.500. The molecular formula is C14H18F2N2O2S. The third kappa shape index (κ3) is 4.57. The number of nitrogens with one attached hydrogen (secondary N) is 2. The fourth-order valence-electron chi connectivity index (χ4n) is 2.19. The van der Waals surface area contributed by atoms with Crippen LogP contribution in [-0.2, 0) is 0 Å². The van der Waals surface area contributed by atoms with Gasteiger partial charge in [-0.2, -0.15) is 11.8 Å². The van der Waals surface area contributed by atoms with Crippen LogP contribution in [0.25, 0.3) is 0 Å². The highest BCUT2D eigenvalue weighted by atomic mass is 32.2. The van der Waals surface area contributed by atoms with E-state index < -0.39 is 29.3 Å². The third-order valence-corrected chi connectivity index (χ3v) is 4.70. The van der Waals surface area contributed by atoms with Crippen LogP contribution in [0.1, 0.15) is 24.5 Å². The number of rotatable bonds is 5. The first-order valence-electron chi connectivity index (χ1n) is 6.83. The average Bonchev–Trinajstić information content (AvgIpc) is 2.96. The summed E-state index contributed by atoms with van der Waals surface area (Å²) in [5.41, 5.74) is -0.427. The lowest BCUT2D eigenvalue weighted by molar-refractivity contribution is 0.164. The number of urea groups is 1. The molecule has 1 aliphatic heterocycles. The quantitative estimate of drug-likeness (QED) is 0.780. The molecule has 0 aliphatic carbocycles. The maximum atomic E-state index is 13.4. The summed E-state index contributed by atoms with van der Waals surface area (Å²) >= 11 is 1.82. The van der Waals surface area contributed by atoms with E-state index in [-0.39, 0.29) is 6.54 Å². The molecule has 1 aromatic rings. The van der Waals surface area contributed by atoms with E-state index in [9.17, 15) is 18.7 Å². The van der Waals surface area contributed by atoms with Crippen LogP contribution in [0.4, 0.5) is 13.6 Å². The monoisotopic (exact) mass is 316 g/mol. The molecule has 4 nitrogen and oxygen atoms in total. The van der Waals surface area contributed by atoms with Gasteiger partial charge in [-0.05, 0) is 30.7 Å². The Kier molecular flexibility index (Phi) is 5.81. The number of amides is 2. The topological polar surface area (TPSA) is 61.4 Å². The van der Waals surface area contributed by atoms with Crippen LogP contribution in [0, 0.1) is 11.6 Å². The van der Waals surface area contributed by atoms with Gasteiger partial charge in [-0.15, -0.1) is 0 Å². The molecule has 1 aromatic carbocycles. The van der Waals surface area contributed by atoms with Gasteiger partial charge >= 0.3 is 6.03 Å². The first-order chi connectivity index (χ1) is 10.1. The van der Waals surface area contributed by atoms with Crippen LogP contribution in [-0.4, -0.2) is 35.2 Å². The van der Waals surface area contributed by atoms with E-state index in [2.05, 4.69) is 10.6 Å². The molecule has 2 rings (SSSR count). The smallest absolute Gasteiger partial charge is 0.314 e. The summed E-state index contributed by atoms with van der Waals surface area (Å²) in [6.45, 7) is 0.308. The van der Waals surface area contributed by atoms with Crippen LogP contribution in [0.2, 0.25) is 0 Å². The van der Waals surface area contributed by atoms with E-state index in [0.717, 1.165) is 30.7 Å². The van der Waals surface area contributed by atoms with E-state index in [4.69, 9.17) is 0 Å². The number of aliphatic hydroxyl groups is 1. The Bertz CT molecular complexity index is 476. The van der Waals surface area contributed by atoms with Crippen LogP contribution < -0.4 is 10.6 Å². The van der Waals surface area contributed by atoms with Gasteiger partial charge in [0.2, 0.25) is 0 Å². The standard InChI is InChI=1S/C14H18F2N2O2S/c15-10-4-1-5-11(16)13(10)12(19)8-18-14(20)17-7-9-3-2-6-21-9/h1,4-5,9,12,19H,2-3,6-8H2,(H2,17,18,20). The predicted molar refractivity (Wildman–Crippen MR) is 78.2 cm³/mol. The Morgan fingerprint density at radius 3 is 2.71 bits per heavy atom. The van der Waals surface area contributed by atoms with E-state index in [1.54, 1.807) is 0 Å². The second kappa shape index (κ2) is 7.61. The summed E-state index contributed by atoms with van der Waals surface area (Å²) in [6.07, 6.45) is 0.815. The Morgan fingerprint density at radius 1 is 1.38 bits per heavy atom. The lowest BCUT2D eigenvalue weighted by Gasteiger charge is -2.15. The lowest BCUT2D eigenvalue weighted by atomic mass is 10.1. The maximum Gasteiger partial charge on any atom is 0.314 e. The highest BCUT2D eigenvalue weighted by molar-refractivity contribution is 8.00. The van der Waals surface area contributed by atoms with Crippen molar-refractivity contribution in [2.24, 2.45) is 0 Å². The largest absolute Gasteiger partial charge is 0.386 e. The van der Waals surface area contributed by atoms with Crippen LogP contribution >= 0.6 is 11.8 Å². The Balaban J connectivity index is 1.77. The summed E-state index contributed by atoms with van der Waals surface area (Å²) < 4.78 is 26.9. The minimum Gasteiger partial charge on any atom is -0.386 e. The number of hydrogen-bond acceptors (Lipinski definition) is 3. The predicted octanol–water partition coefficient (Wildman–Crippen LogP) is 2.19. The zero-order valence-corrected chi connectivity index (χ0v) is 12.3. The number of halogens is 2. The van der Waals surface area contributed by atoms with Gasteiger partial charge in [-0.1, -0.05) is 6.07 Å². The number of thioether (sulfide) groups is 1. The molecular weight excluding hydrogens is 298 g/mol. The number of aliphatic hydroxyl groups excluding tert-OH is 1. The molecule has 0 radical (unpaired) electrons. The lowest BCUT2D eigenvalue weighted by Crippen LogP contribution is -2.40. The first-order valence-corrected chi connectivity index (χ1v) is 7.88. The average molecular weight is 316 g/mol. The summed E-state index contributed by atoms with van der Waals surface area (Å²) in [5, 5.41) is 15.3. The van der Waals surface area contributed by atoms with Crippen LogP contribution in [0.3, 0.4) is 0 Å². The van der Waals surface area contributed by atoms with Gasteiger partial charge in [0.25, 0.3) is 0 Å². The van der Waals surface area contributed by atoms with Crippen LogP contribution in [0.15, 0.2) is 18.2 Å². The van der Waals surface area contributed by atoms with Crippen molar-refractivity contribution in [3.63, 3.8) is 0 Å². The van der Waals surface area contributed by atoms with E-state index in [1.165, 1.54) is 6.07 Å². The molecule has 0 saturated carbocycles. The van der Waals surface area contributed by atoms with Crippen molar-refractivity contribution in [2.45, 2.75) is 24.2 Å². The van der Waals surface area contributed by atoms with Gasteiger partial charge in [0, 0.05) is 18.3 Å². The van der Waals surface area contributed by atoms with E-state index in [0.29, 0.717) is 11.8 Å². The summed E-state index contributed by atoms with van der Waals surface area (Å²) in [4.78, 5) is 11.6. The van der Waals surface area contributed by atoms with Gasteiger partial charge in [0.15, 0.2) is 0 Å². The van der Waals surface area contributed by atoms with Crippen molar-refractivity contribution in [2.75, 3.05) is 18.8 Å². The molecule has 1 saturated heterocycles.